The van der Waals surface area contributed by atoms with Gasteiger partial charge in [0.25, 0.3) is 0 Å². The van der Waals surface area contributed by atoms with E-state index < -0.39 is 0 Å². The number of aromatic hydroxyl groups is 1. The van der Waals surface area contributed by atoms with Gasteiger partial charge in [-0.25, -0.2) is 0 Å². The average molecular weight is 151 g/mol. The first-order chi connectivity index (χ1) is 5.34. The molecular formula is C8H9NO2. The Labute approximate surface area is 64.9 Å². The fourth-order valence-electron chi connectivity index (χ4n) is 0.706. The fraction of sp³-hybridized carbons (Fsp3) is 0.125. The number of hydrogen-bond acceptors (Lipinski definition) is 3. The minimum Gasteiger partial charge on any atom is -0.507 e. The Bertz CT molecular complexity index is 258. The maximum atomic E-state index is 9.19. The van der Waals surface area contributed by atoms with Gasteiger partial charge in [-0.15, -0.1) is 0 Å². The van der Waals surface area contributed by atoms with Crippen LogP contribution in [0.2, 0.25) is 0 Å². The highest BCUT2D eigenvalue weighted by Gasteiger charge is 1.93. The molecule has 0 fully saturated rings. The van der Waals surface area contributed by atoms with E-state index in [2.05, 4.69) is 9.99 Å². The molecule has 1 aromatic rings. The van der Waals surface area contributed by atoms with Crippen molar-refractivity contribution in [3.8, 4) is 5.75 Å². The number of hydrogen-bond donors (Lipinski definition) is 1. The van der Waals surface area contributed by atoms with Crippen LogP contribution in [0.1, 0.15) is 5.56 Å². The summed E-state index contributed by atoms with van der Waals surface area (Å²) in [5.74, 6) is 0.202. The number of para-hydroxylation sites is 1. The van der Waals surface area contributed by atoms with Gasteiger partial charge >= 0.3 is 0 Å². The van der Waals surface area contributed by atoms with E-state index in [9.17, 15) is 5.11 Å². The van der Waals surface area contributed by atoms with Crippen molar-refractivity contribution in [2.45, 2.75) is 0 Å². The molecule has 1 N–H and O–H groups in total. The predicted octanol–water partition coefficient (Wildman–Crippen LogP) is 1.37. The summed E-state index contributed by atoms with van der Waals surface area (Å²) in [6, 6.07) is 6.91. The maximum Gasteiger partial charge on any atom is 0.124 e. The van der Waals surface area contributed by atoms with Gasteiger partial charge in [-0.1, -0.05) is 17.3 Å². The van der Waals surface area contributed by atoms with Crippen LogP contribution in [0.5, 0.6) is 5.75 Å². The second kappa shape index (κ2) is 3.61. The van der Waals surface area contributed by atoms with E-state index in [1.165, 1.54) is 13.3 Å². The quantitative estimate of drug-likeness (QED) is 0.512. The molecule has 1 aromatic carbocycles. The second-order valence-corrected chi connectivity index (χ2v) is 1.98. The van der Waals surface area contributed by atoms with Gasteiger partial charge in [-0.2, -0.15) is 0 Å². The van der Waals surface area contributed by atoms with Gasteiger partial charge in [-0.05, 0) is 12.1 Å². The van der Waals surface area contributed by atoms with E-state index in [0.29, 0.717) is 5.56 Å². The zero-order valence-electron chi connectivity index (χ0n) is 6.19. The Balaban J connectivity index is 2.86. The first-order valence-corrected chi connectivity index (χ1v) is 3.19. The van der Waals surface area contributed by atoms with Crippen molar-refractivity contribution in [1.29, 1.82) is 0 Å². The van der Waals surface area contributed by atoms with E-state index >= 15 is 0 Å². The highest BCUT2D eigenvalue weighted by atomic mass is 16.6. The fourth-order valence-corrected chi connectivity index (χ4v) is 0.706. The van der Waals surface area contributed by atoms with E-state index in [0.717, 1.165) is 0 Å². The highest BCUT2D eigenvalue weighted by molar-refractivity contribution is 5.82. The zero-order chi connectivity index (χ0) is 8.10. The van der Waals surface area contributed by atoms with Crippen molar-refractivity contribution in [2.24, 2.45) is 5.16 Å². The molecule has 0 aromatic heterocycles. The molecule has 0 heterocycles. The molecule has 3 nitrogen and oxygen atoms in total. The smallest absolute Gasteiger partial charge is 0.124 e. The van der Waals surface area contributed by atoms with Crippen LogP contribution in [0.3, 0.4) is 0 Å². The molecule has 1 rings (SSSR count). The molecule has 11 heavy (non-hydrogen) atoms. The van der Waals surface area contributed by atoms with Crippen LogP contribution in [0.4, 0.5) is 0 Å². The molecule has 0 saturated carbocycles. The van der Waals surface area contributed by atoms with Gasteiger partial charge in [0.05, 0.1) is 6.21 Å². The Hall–Kier alpha value is -1.51. The van der Waals surface area contributed by atoms with Crippen molar-refractivity contribution >= 4 is 6.21 Å². The molecule has 0 aliphatic rings. The third-order valence-electron chi connectivity index (χ3n) is 1.23. The number of rotatable bonds is 2. The van der Waals surface area contributed by atoms with Crippen molar-refractivity contribution in [3.05, 3.63) is 29.8 Å². The topological polar surface area (TPSA) is 41.8 Å². The van der Waals surface area contributed by atoms with E-state index in [4.69, 9.17) is 0 Å². The van der Waals surface area contributed by atoms with Crippen LogP contribution in [-0.4, -0.2) is 18.4 Å². The first-order valence-electron chi connectivity index (χ1n) is 3.19. The lowest BCUT2D eigenvalue weighted by Crippen LogP contribution is -1.81. The van der Waals surface area contributed by atoms with Gasteiger partial charge in [0.15, 0.2) is 0 Å². The summed E-state index contributed by atoms with van der Waals surface area (Å²) >= 11 is 0. The lowest BCUT2D eigenvalue weighted by molar-refractivity contribution is 0.215. The minimum absolute atomic E-state index is 0.202. The lowest BCUT2D eigenvalue weighted by atomic mass is 10.2. The summed E-state index contributed by atoms with van der Waals surface area (Å²) in [5.41, 5.74) is 0.648. The molecule has 0 aliphatic carbocycles. The molecule has 0 unspecified atom stereocenters. The minimum atomic E-state index is 0.202. The number of nitrogens with zero attached hydrogens (tertiary/aromatic N) is 1. The summed E-state index contributed by atoms with van der Waals surface area (Å²) < 4.78 is 0. The van der Waals surface area contributed by atoms with Crippen LogP contribution in [0.15, 0.2) is 29.4 Å². The van der Waals surface area contributed by atoms with Gasteiger partial charge in [0.1, 0.15) is 12.9 Å². The molecule has 0 amide bonds. The molecule has 58 valence electrons. The second-order valence-electron chi connectivity index (χ2n) is 1.98. The number of benzene rings is 1. The summed E-state index contributed by atoms with van der Waals surface area (Å²) in [4.78, 5) is 4.46. The van der Waals surface area contributed by atoms with Crippen LogP contribution in [0.25, 0.3) is 0 Å². The van der Waals surface area contributed by atoms with Crippen molar-refractivity contribution in [2.75, 3.05) is 7.11 Å². The average Bonchev–Trinajstić information content (AvgIpc) is 2.03. The van der Waals surface area contributed by atoms with Gasteiger partial charge in [0.2, 0.25) is 0 Å². The summed E-state index contributed by atoms with van der Waals surface area (Å²) in [6.07, 6.45) is 1.45. The normalized spacial score (nSPS) is 10.3. The molecule has 3 heteroatoms. The van der Waals surface area contributed by atoms with Crippen LogP contribution >= 0.6 is 0 Å². The van der Waals surface area contributed by atoms with Gasteiger partial charge in [-0.3, -0.25) is 0 Å². The van der Waals surface area contributed by atoms with Gasteiger partial charge in [0, 0.05) is 5.56 Å². The van der Waals surface area contributed by atoms with Crippen molar-refractivity contribution in [3.63, 3.8) is 0 Å². The standard InChI is InChI=1S/C8H9NO2/c1-11-9-6-7-4-2-3-5-8(7)10/h2-6,10H,1H3. The number of phenols is 1. The molecule has 0 bridgehead atoms. The first kappa shape index (κ1) is 7.60. The monoisotopic (exact) mass is 151 g/mol. The summed E-state index contributed by atoms with van der Waals surface area (Å²) in [6.45, 7) is 0. The van der Waals surface area contributed by atoms with Crippen molar-refractivity contribution < 1.29 is 9.94 Å². The molecule has 0 radical (unpaired) electrons. The van der Waals surface area contributed by atoms with Gasteiger partial charge < -0.3 is 9.94 Å². The van der Waals surface area contributed by atoms with Crippen molar-refractivity contribution in [1.82, 2.24) is 0 Å². The summed E-state index contributed by atoms with van der Waals surface area (Å²) in [5, 5.41) is 12.7. The number of phenolic OH excluding ortho intramolecular Hbond substituents is 1. The Morgan fingerprint density at radius 3 is 2.82 bits per heavy atom. The van der Waals surface area contributed by atoms with Crippen LogP contribution in [-0.2, 0) is 4.84 Å². The largest absolute Gasteiger partial charge is 0.507 e. The number of oxime groups is 1. The third kappa shape index (κ3) is 1.97. The third-order valence-corrected chi connectivity index (χ3v) is 1.23. The van der Waals surface area contributed by atoms with E-state index in [-0.39, 0.29) is 5.75 Å². The zero-order valence-corrected chi connectivity index (χ0v) is 6.19. The molecule has 0 aliphatic heterocycles. The van der Waals surface area contributed by atoms with E-state index in [1.807, 2.05) is 6.07 Å². The molecular weight excluding hydrogens is 142 g/mol. The van der Waals surface area contributed by atoms with E-state index in [1.54, 1.807) is 18.2 Å². The Morgan fingerprint density at radius 2 is 2.18 bits per heavy atom. The lowest BCUT2D eigenvalue weighted by Gasteiger charge is -1.94. The highest BCUT2D eigenvalue weighted by Crippen LogP contribution is 2.12. The Kier molecular flexibility index (Phi) is 2.49. The summed E-state index contributed by atoms with van der Waals surface area (Å²) in [7, 11) is 1.45. The van der Waals surface area contributed by atoms with Crippen LogP contribution < -0.4 is 0 Å². The Morgan fingerprint density at radius 1 is 1.45 bits per heavy atom. The van der Waals surface area contributed by atoms with Crippen LogP contribution in [0, 0.1) is 0 Å². The maximum absolute atomic E-state index is 9.19. The molecule has 0 atom stereocenters. The predicted molar refractivity (Wildman–Crippen MR) is 42.7 cm³/mol. The molecule has 0 saturated heterocycles. The molecule has 0 spiro atoms. The SMILES string of the molecule is CON=Cc1ccccc1O.